The molecule has 1 heterocycles. The van der Waals surface area contributed by atoms with Gasteiger partial charge in [-0.1, -0.05) is 35.9 Å². The number of amides is 1. The number of carbonyl (C=O) groups excluding carboxylic acids is 1. The topological polar surface area (TPSA) is 107 Å². The predicted octanol–water partition coefficient (Wildman–Crippen LogP) is 5.46. The van der Waals surface area contributed by atoms with E-state index in [1.54, 1.807) is 32.0 Å². The Labute approximate surface area is 202 Å². The number of benzene rings is 2. The molecule has 1 aromatic heterocycles. The van der Waals surface area contributed by atoms with Gasteiger partial charge in [-0.25, -0.2) is 14.6 Å². The molecule has 8 nitrogen and oxygen atoms in total. The van der Waals surface area contributed by atoms with Crippen molar-refractivity contribution in [2.75, 3.05) is 11.9 Å². The molecule has 34 heavy (non-hydrogen) atoms. The van der Waals surface area contributed by atoms with E-state index in [2.05, 4.69) is 10.3 Å². The first-order valence-corrected chi connectivity index (χ1v) is 11.3. The van der Waals surface area contributed by atoms with E-state index in [0.717, 1.165) is 10.9 Å². The van der Waals surface area contributed by atoms with Gasteiger partial charge in [-0.2, -0.15) is 0 Å². The van der Waals surface area contributed by atoms with E-state index in [0.29, 0.717) is 29.2 Å². The summed E-state index contributed by atoms with van der Waals surface area (Å²) >= 11 is 6.24. The number of carboxylic acids is 1. The van der Waals surface area contributed by atoms with E-state index < -0.39 is 18.2 Å². The van der Waals surface area contributed by atoms with E-state index >= 15 is 0 Å². The van der Waals surface area contributed by atoms with Crippen LogP contribution < -0.4 is 10.1 Å². The zero-order valence-corrected chi connectivity index (χ0v) is 20.0. The summed E-state index contributed by atoms with van der Waals surface area (Å²) in [5, 5.41) is 13.3. The normalized spacial score (nSPS) is 11.9. The number of halogens is 1. The molecule has 0 spiro atoms. The number of pyridine rings is 1. The van der Waals surface area contributed by atoms with Crippen LogP contribution in [0, 0.1) is 0 Å². The number of ether oxygens (including phenoxy) is 3. The van der Waals surface area contributed by atoms with Crippen molar-refractivity contribution in [3.63, 3.8) is 0 Å². The van der Waals surface area contributed by atoms with Gasteiger partial charge in [0, 0.05) is 17.4 Å². The highest BCUT2D eigenvalue weighted by molar-refractivity contribution is 6.30. The molecule has 1 amide bonds. The number of nitrogens with one attached hydrogen (secondary N) is 1. The van der Waals surface area contributed by atoms with Gasteiger partial charge in [0.25, 0.3) is 0 Å². The minimum absolute atomic E-state index is 0.0739. The van der Waals surface area contributed by atoms with Gasteiger partial charge < -0.3 is 19.3 Å². The average molecular weight is 487 g/mol. The summed E-state index contributed by atoms with van der Waals surface area (Å²) in [6, 6.07) is 14.4. The number of hydrogen-bond donors (Lipinski definition) is 2. The van der Waals surface area contributed by atoms with E-state index in [4.69, 9.17) is 25.8 Å². The van der Waals surface area contributed by atoms with Gasteiger partial charge in [-0.05, 0) is 50.6 Å². The summed E-state index contributed by atoms with van der Waals surface area (Å²) in [7, 11) is 0. The maximum absolute atomic E-state index is 12.5. The van der Waals surface area contributed by atoms with Crippen molar-refractivity contribution < 1.29 is 28.9 Å². The van der Waals surface area contributed by atoms with Crippen LogP contribution in [0.1, 0.15) is 31.9 Å². The number of hydrogen-bond acceptors (Lipinski definition) is 6. The summed E-state index contributed by atoms with van der Waals surface area (Å²) in [4.78, 5) is 28.4. The lowest BCUT2D eigenvalue weighted by Crippen LogP contribution is -2.29. The fourth-order valence-electron chi connectivity index (χ4n) is 3.35. The number of aliphatic carboxylic acids is 1. The van der Waals surface area contributed by atoms with Crippen molar-refractivity contribution >= 4 is 40.3 Å². The fourth-order valence-corrected chi connectivity index (χ4v) is 3.55. The SMILES string of the molecule is CCOc1ccc(CC(OC(C)C)C(=O)O)cc1NC(=O)OCc1cc2ccccc2nc1Cl. The molecule has 3 rings (SSSR count). The third kappa shape index (κ3) is 6.82. The molecule has 1 unspecified atom stereocenters. The van der Waals surface area contributed by atoms with E-state index in [1.807, 2.05) is 37.3 Å². The second kappa shape index (κ2) is 11.7. The summed E-state index contributed by atoms with van der Waals surface area (Å²) in [5.74, 6) is -0.623. The van der Waals surface area contributed by atoms with Crippen molar-refractivity contribution in [1.82, 2.24) is 4.98 Å². The predicted molar refractivity (Wildman–Crippen MR) is 130 cm³/mol. The van der Waals surface area contributed by atoms with Crippen LogP contribution in [0.25, 0.3) is 10.9 Å². The third-order valence-corrected chi connectivity index (χ3v) is 5.15. The molecule has 0 saturated heterocycles. The van der Waals surface area contributed by atoms with Crippen LogP contribution in [0.3, 0.4) is 0 Å². The van der Waals surface area contributed by atoms with Crippen LogP contribution in [0.5, 0.6) is 5.75 Å². The molecule has 0 aliphatic heterocycles. The van der Waals surface area contributed by atoms with Gasteiger partial charge in [-0.15, -0.1) is 0 Å². The van der Waals surface area contributed by atoms with E-state index in [9.17, 15) is 14.7 Å². The number of para-hydroxylation sites is 1. The van der Waals surface area contributed by atoms with Crippen LogP contribution in [-0.4, -0.2) is 41.0 Å². The molecule has 0 radical (unpaired) electrons. The Morgan fingerprint density at radius 3 is 2.62 bits per heavy atom. The quantitative estimate of drug-likeness (QED) is 0.366. The number of carboxylic acid groups (broad SMARTS) is 1. The summed E-state index contributed by atoms with van der Waals surface area (Å²) in [6.45, 7) is 5.68. The highest BCUT2D eigenvalue weighted by Crippen LogP contribution is 2.28. The molecule has 180 valence electrons. The molecule has 0 aliphatic rings. The van der Waals surface area contributed by atoms with Crippen molar-refractivity contribution in [1.29, 1.82) is 0 Å². The Morgan fingerprint density at radius 2 is 1.91 bits per heavy atom. The standard InChI is InChI=1S/C25H27ClN2O6/c1-4-32-21-10-9-16(12-22(24(29)30)34-15(2)3)11-20(21)28-25(31)33-14-18-13-17-7-5-6-8-19(17)27-23(18)26/h5-11,13,15,22H,4,12,14H2,1-3H3,(H,28,31)(H,29,30). The first-order chi connectivity index (χ1) is 16.3. The van der Waals surface area contributed by atoms with E-state index in [-0.39, 0.29) is 24.3 Å². The maximum atomic E-state index is 12.5. The second-order valence-corrected chi connectivity index (χ2v) is 8.17. The molecule has 0 saturated carbocycles. The van der Waals surface area contributed by atoms with Crippen LogP contribution in [-0.2, 0) is 27.3 Å². The summed E-state index contributed by atoms with van der Waals surface area (Å²) < 4.78 is 16.4. The van der Waals surface area contributed by atoms with Gasteiger partial charge in [0.2, 0.25) is 0 Å². The number of fused-ring (bicyclic) bond motifs is 1. The Kier molecular flexibility index (Phi) is 8.67. The smallest absolute Gasteiger partial charge is 0.412 e. The lowest BCUT2D eigenvalue weighted by Gasteiger charge is -2.18. The number of rotatable bonds is 10. The molecule has 0 aliphatic carbocycles. The van der Waals surface area contributed by atoms with Crippen LogP contribution in [0.15, 0.2) is 48.5 Å². The van der Waals surface area contributed by atoms with Crippen molar-refractivity contribution in [2.45, 2.75) is 46.0 Å². The van der Waals surface area contributed by atoms with Gasteiger partial charge in [-0.3, -0.25) is 5.32 Å². The molecule has 3 aromatic rings. The zero-order valence-electron chi connectivity index (χ0n) is 19.2. The third-order valence-electron chi connectivity index (χ3n) is 4.82. The zero-order chi connectivity index (χ0) is 24.7. The lowest BCUT2D eigenvalue weighted by atomic mass is 10.1. The highest BCUT2D eigenvalue weighted by Gasteiger charge is 2.21. The number of aromatic nitrogens is 1. The Hall–Kier alpha value is -3.36. The molecular weight excluding hydrogens is 460 g/mol. The Morgan fingerprint density at radius 1 is 1.15 bits per heavy atom. The molecule has 0 fully saturated rings. The highest BCUT2D eigenvalue weighted by atomic mass is 35.5. The lowest BCUT2D eigenvalue weighted by molar-refractivity contribution is -0.153. The fraction of sp³-hybridized carbons (Fsp3) is 0.320. The van der Waals surface area contributed by atoms with Crippen LogP contribution in [0.2, 0.25) is 5.15 Å². The Balaban J connectivity index is 1.72. The van der Waals surface area contributed by atoms with Gasteiger partial charge in [0.15, 0.2) is 6.10 Å². The summed E-state index contributed by atoms with van der Waals surface area (Å²) in [5.41, 5.74) is 2.35. The minimum atomic E-state index is -1.06. The first-order valence-electron chi connectivity index (χ1n) is 10.9. The van der Waals surface area contributed by atoms with Gasteiger partial charge in [0.1, 0.15) is 17.5 Å². The number of anilines is 1. The average Bonchev–Trinajstić information content (AvgIpc) is 2.78. The van der Waals surface area contributed by atoms with Crippen molar-refractivity contribution in [3.8, 4) is 5.75 Å². The molecular formula is C25H27ClN2O6. The minimum Gasteiger partial charge on any atom is -0.492 e. The van der Waals surface area contributed by atoms with Crippen LogP contribution >= 0.6 is 11.6 Å². The molecule has 1 atom stereocenters. The first kappa shape index (κ1) is 25.3. The molecule has 2 N–H and O–H groups in total. The second-order valence-electron chi connectivity index (χ2n) is 7.81. The van der Waals surface area contributed by atoms with Crippen LogP contribution in [0.4, 0.5) is 10.5 Å². The number of nitrogens with zero attached hydrogens (tertiary/aromatic N) is 1. The summed E-state index contributed by atoms with van der Waals surface area (Å²) in [6.07, 6.45) is -1.84. The molecule has 9 heteroatoms. The van der Waals surface area contributed by atoms with E-state index in [1.165, 1.54) is 0 Å². The largest absolute Gasteiger partial charge is 0.492 e. The van der Waals surface area contributed by atoms with Gasteiger partial charge >= 0.3 is 12.1 Å². The number of carbonyl (C=O) groups is 2. The molecule has 0 bridgehead atoms. The van der Waals surface area contributed by atoms with Crippen molar-refractivity contribution in [3.05, 3.63) is 64.8 Å². The van der Waals surface area contributed by atoms with Gasteiger partial charge in [0.05, 0.1) is 23.9 Å². The maximum Gasteiger partial charge on any atom is 0.412 e. The molecule has 2 aromatic carbocycles. The monoisotopic (exact) mass is 486 g/mol. The Bertz CT molecular complexity index is 1170. The van der Waals surface area contributed by atoms with Crippen molar-refractivity contribution in [2.24, 2.45) is 0 Å².